The van der Waals surface area contributed by atoms with Gasteiger partial charge in [-0.3, -0.25) is 0 Å². The first-order chi connectivity index (χ1) is 8.06. The molecule has 0 aliphatic heterocycles. The van der Waals surface area contributed by atoms with E-state index in [1.54, 1.807) is 12.1 Å². The second-order valence-electron chi connectivity index (χ2n) is 4.01. The van der Waals surface area contributed by atoms with E-state index in [0.717, 1.165) is 17.1 Å². The Morgan fingerprint density at radius 1 is 1.35 bits per heavy atom. The van der Waals surface area contributed by atoms with Crippen molar-refractivity contribution in [2.45, 2.75) is 19.4 Å². The second kappa shape index (κ2) is 4.90. The van der Waals surface area contributed by atoms with Crippen LogP contribution in [0.25, 0.3) is 0 Å². The van der Waals surface area contributed by atoms with Gasteiger partial charge in [-0.1, -0.05) is 17.7 Å². The molecule has 0 saturated heterocycles. The average molecular weight is 254 g/mol. The number of furan rings is 1. The van der Waals surface area contributed by atoms with Crippen molar-refractivity contribution in [1.29, 1.82) is 0 Å². The zero-order valence-corrected chi connectivity index (χ0v) is 10.2. The maximum absolute atomic E-state index is 13.0. The molecule has 2 rings (SSSR count). The van der Waals surface area contributed by atoms with Crippen molar-refractivity contribution < 1.29 is 8.81 Å². The third kappa shape index (κ3) is 2.87. The summed E-state index contributed by atoms with van der Waals surface area (Å²) in [5, 5.41) is 0.116. The Kier molecular flexibility index (Phi) is 3.50. The van der Waals surface area contributed by atoms with Gasteiger partial charge in [-0.05, 0) is 43.2 Å². The van der Waals surface area contributed by atoms with Gasteiger partial charge in [0.15, 0.2) is 0 Å². The van der Waals surface area contributed by atoms with Crippen LogP contribution in [-0.2, 0) is 6.42 Å². The smallest absolute Gasteiger partial charge is 0.141 e. The molecule has 2 N–H and O–H groups in total. The third-order valence-corrected chi connectivity index (χ3v) is 2.86. The van der Waals surface area contributed by atoms with Gasteiger partial charge in [-0.15, -0.1) is 0 Å². The molecule has 0 spiro atoms. The molecular formula is C13H13ClFNO. The highest BCUT2D eigenvalue weighted by Crippen LogP contribution is 2.21. The molecule has 1 aromatic carbocycles. The Hall–Kier alpha value is -1.32. The number of aryl methyl sites for hydroxylation is 1. The van der Waals surface area contributed by atoms with Crippen molar-refractivity contribution in [1.82, 2.24) is 0 Å². The zero-order valence-electron chi connectivity index (χ0n) is 9.41. The Balaban J connectivity index is 2.12. The van der Waals surface area contributed by atoms with Crippen LogP contribution in [0.5, 0.6) is 0 Å². The van der Waals surface area contributed by atoms with Crippen molar-refractivity contribution >= 4 is 11.6 Å². The van der Waals surface area contributed by atoms with Gasteiger partial charge in [-0.2, -0.15) is 0 Å². The average Bonchev–Trinajstić information content (AvgIpc) is 2.70. The topological polar surface area (TPSA) is 39.2 Å². The maximum Gasteiger partial charge on any atom is 0.141 e. The van der Waals surface area contributed by atoms with Gasteiger partial charge >= 0.3 is 0 Å². The first-order valence-corrected chi connectivity index (χ1v) is 5.70. The molecule has 0 saturated carbocycles. The summed E-state index contributed by atoms with van der Waals surface area (Å²) in [6.45, 7) is 1.87. The van der Waals surface area contributed by atoms with Crippen LogP contribution in [0, 0.1) is 12.7 Å². The number of benzene rings is 1. The predicted octanol–water partition coefficient (Wildman–Crippen LogP) is 3.62. The molecule has 1 unspecified atom stereocenters. The van der Waals surface area contributed by atoms with E-state index >= 15 is 0 Å². The van der Waals surface area contributed by atoms with E-state index in [-0.39, 0.29) is 11.1 Å². The molecular weight excluding hydrogens is 241 g/mol. The molecule has 1 aromatic heterocycles. The molecule has 1 atom stereocenters. The zero-order chi connectivity index (χ0) is 12.4. The summed E-state index contributed by atoms with van der Waals surface area (Å²) < 4.78 is 18.4. The lowest BCUT2D eigenvalue weighted by molar-refractivity contribution is 0.445. The van der Waals surface area contributed by atoms with Crippen LogP contribution < -0.4 is 5.73 Å². The third-order valence-electron chi connectivity index (χ3n) is 2.57. The molecule has 0 fully saturated rings. The van der Waals surface area contributed by atoms with Crippen LogP contribution in [0.15, 0.2) is 34.7 Å². The van der Waals surface area contributed by atoms with Gasteiger partial charge in [0.2, 0.25) is 0 Å². The van der Waals surface area contributed by atoms with Crippen molar-refractivity contribution in [2.75, 3.05) is 0 Å². The second-order valence-corrected chi connectivity index (χ2v) is 4.41. The Labute approximate surface area is 104 Å². The minimum absolute atomic E-state index is 0.116. The van der Waals surface area contributed by atoms with Crippen molar-refractivity contribution in [3.05, 3.63) is 58.3 Å². The fraction of sp³-hybridized carbons (Fsp3) is 0.231. The number of nitrogens with two attached hydrogens (primary N) is 1. The van der Waals surface area contributed by atoms with E-state index < -0.39 is 5.82 Å². The molecule has 0 bridgehead atoms. The van der Waals surface area contributed by atoms with Crippen LogP contribution in [0.2, 0.25) is 5.02 Å². The number of rotatable bonds is 3. The number of halogens is 2. The molecule has 1 heterocycles. The SMILES string of the molecule is Cc1ccc(C(N)Cc2ccc(F)c(Cl)c2)o1. The molecule has 4 heteroatoms. The monoisotopic (exact) mass is 253 g/mol. The maximum atomic E-state index is 13.0. The summed E-state index contributed by atoms with van der Waals surface area (Å²) in [7, 11) is 0. The molecule has 90 valence electrons. The van der Waals surface area contributed by atoms with E-state index in [9.17, 15) is 4.39 Å². The highest BCUT2D eigenvalue weighted by Gasteiger charge is 2.11. The van der Waals surface area contributed by atoms with Crippen LogP contribution in [0.3, 0.4) is 0 Å². The van der Waals surface area contributed by atoms with Crippen molar-refractivity contribution in [3.63, 3.8) is 0 Å². The van der Waals surface area contributed by atoms with E-state index in [2.05, 4.69) is 0 Å². The normalized spacial score (nSPS) is 12.7. The molecule has 2 aromatic rings. The molecule has 2 nitrogen and oxygen atoms in total. The number of hydrogen-bond donors (Lipinski definition) is 1. The first kappa shape index (κ1) is 12.1. The van der Waals surface area contributed by atoms with Crippen LogP contribution in [0.4, 0.5) is 4.39 Å². The highest BCUT2D eigenvalue weighted by molar-refractivity contribution is 6.30. The quantitative estimate of drug-likeness (QED) is 0.907. The van der Waals surface area contributed by atoms with Gasteiger partial charge in [0, 0.05) is 0 Å². The lowest BCUT2D eigenvalue weighted by Gasteiger charge is -2.09. The molecule has 17 heavy (non-hydrogen) atoms. The first-order valence-electron chi connectivity index (χ1n) is 5.32. The Bertz CT molecular complexity index is 524. The lowest BCUT2D eigenvalue weighted by Crippen LogP contribution is -2.12. The van der Waals surface area contributed by atoms with Gasteiger partial charge in [0.25, 0.3) is 0 Å². The van der Waals surface area contributed by atoms with Gasteiger partial charge in [-0.25, -0.2) is 4.39 Å². The minimum atomic E-state index is -0.419. The standard InChI is InChI=1S/C13H13ClFNO/c1-8-2-5-13(17-8)12(16)7-9-3-4-11(15)10(14)6-9/h2-6,12H,7,16H2,1H3. The van der Waals surface area contributed by atoms with E-state index in [0.29, 0.717) is 6.42 Å². The molecule has 0 aliphatic carbocycles. The van der Waals surface area contributed by atoms with E-state index in [4.69, 9.17) is 21.8 Å². The fourth-order valence-corrected chi connectivity index (χ4v) is 1.88. The summed E-state index contributed by atoms with van der Waals surface area (Å²) in [4.78, 5) is 0. The Morgan fingerprint density at radius 3 is 2.71 bits per heavy atom. The van der Waals surface area contributed by atoms with Crippen molar-refractivity contribution in [2.24, 2.45) is 5.73 Å². The summed E-state index contributed by atoms with van der Waals surface area (Å²) in [6, 6.07) is 8.09. The number of hydrogen-bond acceptors (Lipinski definition) is 2. The fourth-order valence-electron chi connectivity index (χ4n) is 1.67. The predicted molar refractivity (Wildman–Crippen MR) is 65.5 cm³/mol. The summed E-state index contributed by atoms with van der Waals surface area (Å²) in [6.07, 6.45) is 0.562. The van der Waals surface area contributed by atoms with Crippen molar-refractivity contribution in [3.8, 4) is 0 Å². The summed E-state index contributed by atoms with van der Waals surface area (Å²) in [5.74, 6) is 1.13. The minimum Gasteiger partial charge on any atom is -0.465 e. The highest BCUT2D eigenvalue weighted by atomic mass is 35.5. The lowest BCUT2D eigenvalue weighted by atomic mass is 10.0. The summed E-state index contributed by atoms with van der Waals surface area (Å²) in [5.41, 5.74) is 6.88. The molecule has 0 radical (unpaired) electrons. The van der Waals surface area contributed by atoms with Gasteiger partial charge < -0.3 is 10.2 Å². The van der Waals surface area contributed by atoms with E-state index in [1.807, 2.05) is 19.1 Å². The van der Waals surface area contributed by atoms with Gasteiger partial charge in [0.1, 0.15) is 17.3 Å². The van der Waals surface area contributed by atoms with Crippen LogP contribution in [-0.4, -0.2) is 0 Å². The summed E-state index contributed by atoms with van der Waals surface area (Å²) >= 11 is 5.71. The Morgan fingerprint density at radius 2 is 2.12 bits per heavy atom. The largest absolute Gasteiger partial charge is 0.465 e. The molecule has 0 aliphatic rings. The van der Waals surface area contributed by atoms with Gasteiger partial charge in [0.05, 0.1) is 11.1 Å². The van der Waals surface area contributed by atoms with Crippen LogP contribution >= 0.6 is 11.6 Å². The molecule has 0 amide bonds. The van der Waals surface area contributed by atoms with Crippen LogP contribution in [0.1, 0.15) is 23.1 Å². The van der Waals surface area contributed by atoms with E-state index in [1.165, 1.54) is 6.07 Å².